The summed E-state index contributed by atoms with van der Waals surface area (Å²) in [7, 11) is 2.96. The van der Waals surface area contributed by atoms with Gasteiger partial charge in [0.1, 0.15) is 0 Å². The Hall–Kier alpha value is -3.52. The molecule has 0 heterocycles. The van der Waals surface area contributed by atoms with Crippen LogP contribution in [0.15, 0.2) is 72.8 Å². The fraction of sp³-hybridized carbons (Fsp3) is 0.240. The van der Waals surface area contributed by atoms with E-state index in [9.17, 15) is 23.1 Å². The van der Waals surface area contributed by atoms with E-state index in [2.05, 4.69) is 0 Å². The first-order chi connectivity index (χ1) is 15.7. The minimum atomic E-state index is -4.42. The maximum Gasteiger partial charge on any atom is 0.416 e. The van der Waals surface area contributed by atoms with Crippen LogP contribution in [-0.2, 0) is 17.4 Å². The average molecular weight is 459 g/mol. The van der Waals surface area contributed by atoms with E-state index in [4.69, 9.17) is 9.47 Å². The van der Waals surface area contributed by atoms with Gasteiger partial charge in [-0.1, -0.05) is 42.5 Å². The second kappa shape index (κ2) is 10.4. The Kier molecular flexibility index (Phi) is 7.60. The quantitative estimate of drug-likeness (QED) is 0.513. The topological polar surface area (TPSA) is 59.0 Å². The van der Waals surface area contributed by atoms with Crippen LogP contribution in [0.2, 0.25) is 0 Å². The molecule has 174 valence electrons. The Morgan fingerprint density at radius 1 is 0.939 bits per heavy atom. The number of hydrogen-bond acceptors (Lipinski definition) is 4. The average Bonchev–Trinajstić information content (AvgIpc) is 2.83. The van der Waals surface area contributed by atoms with Crippen LogP contribution in [0.5, 0.6) is 11.5 Å². The molecule has 1 atom stereocenters. The maximum atomic E-state index is 13.3. The summed E-state index contributed by atoms with van der Waals surface area (Å²) < 4.78 is 49.1. The first-order valence-electron chi connectivity index (χ1n) is 10.2. The summed E-state index contributed by atoms with van der Waals surface area (Å²) in [6, 6.07) is 18.2. The number of aliphatic hydroxyl groups excluding tert-OH is 1. The molecule has 1 amide bonds. The number of carbonyl (C=O) groups is 1. The van der Waals surface area contributed by atoms with Gasteiger partial charge in [-0.3, -0.25) is 4.79 Å². The van der Waals surface area contributed by atoms with E-state index in [1.54, 1.807) is 48.5 Å². The van der Waals surface area contributed by atoms with Gasteiger partial charge in [-0.2, -0.15) is 13.2 Å². The Balaban J connectivity index is 1.89. The number of hydrogen-bond donors (Lipinski definition) is 1. The van der Waals surface area contributed by atoms with Crippen LogP contribution in [0.25, 0.3) is 0 Å². The predicted molar refractivity (Wildman–Crippen MR) is 118 cm³/mol. The van der Waals surface area contributed by atoms with Gasteiger partial charge in [-0.05, 0) is 41.8 Å². The van der Waals surface area contributed by atoms with Crippen molar-refractivity contribution in [2.45, 2.75) is 18.7 Å². The number of halogens is 3. The highest BCUT2D eigenvalue weighted by Gasteiger charge is 2.30. The number of amides is 1. The van der Waals surface area contributed by atoms with E-state index in [1.807, 2.05) is 0 Å². The third-order valence-corrected chi connectivity index (χ3v) is 5.20. The Bertz CT molecular complexity index is 1070. The highest BCUT2D eigenvalue weighted by atomic mass is 19.4. The van der Waals surface area contributed by atoms with Gasteiger partial charge in [-0.15, -0.1) is 0 Å². The number of ether oxygens (including phenoxy) is 2. The summed E-state index contributed by atoms with van der Waals surface area (Å²) >= 11 is 0. The predicted octanol–water partition coefficient (Wildman–Crippen LogP) is 5.03. The fourth-order valence-corrected chi connectivity index (χ4v) is 3.39. The van der Waals surface area contributed by atoms with Crippen LogP contribution >= 0.6 is 0 Å². The molecule has 3 rings (SSSR count). The Morgan fingerprint density at radius 3 is 2.15 bits per heavy atom. The number of aliphatic hydroxyl groups is 1. The maximum absolute atomic E-state index is 13.3. The van der Waals surface area contributed by atoms with Crippen LogP contribution in [0.3, 0.4) is 0 Å². The van der Waals surface area contributed by atoms with E-state index in [1.165, 1.54) is 31.3 Å². The SMILES string of the molecule is COc1ccc(N(CCc2ccc(C(F)(F)F)cc2)C(=O)C(O)c2ccccc2)cc1OC. The molecule has 0 aromatic heterocycles. The molecule has 3 aromatic carbocycles. The van der Waals surface area contributed by atoms with Crippen LogP contribution in [-0.4, -0.2) is 31.8 Å². The van der Waals surface area contributed by atoms with Gasteiger partial charge in [0.2, 0.25) is 0 Å². The van der Waals surface area contributed by atoms with Gasteiger partial charge >= 0.3 is 6.18 Å². The van der Waals surface area contributed by atoms with Crippen molar-refractivity contribution < 1.29 is 32.5 Å². The van der Waals surface area contributed by atoms with Gasteiger partial charge in [0, 0.05) is 18.3 Å². The molecule has 5 nitrogen and oxygen atoms in total. The van der Waals surface area contributed by atoms with Gasteiger partial charge < -0.3 is 19.5 Å². The van der Waals surface area contributed by atoms with Crippen molar-refractivity contribution in [3.8, 4) is 11.5 Å². The fourth-order valence-electron chi connectivity index (χ4n) is 3.39. The van der Waals surface area contributed by atoms with Crippen LogP contribution < -0.4 is 14.4 Å². The lowest BCUT2D eigenvalue weighted by Gasteiger charge is -2.26. The number of anilines is 1. The molecule has 8 heteroatoms. The zero-order valence-corrected chi connectivity index (χ0v) is 18.2. The van der Waals surface area contributed by atoms with Gasteiger partial charge in [0.05, 0.1) is 19.8 Å². The molecule has 0 bridgehead atoms. The lowest BCUT2D eigenvalue weighted by Crippen LogP contribution is -2.37. The van der Waals surface area contributed by atoms with Crippen molar-refractivity contribution in [3.05, 3.63) is 89.5 Å². The van der Waals surface area contributed by atoms with Gasteiger partial charge in [0.15, 0.2) is 17.6 Å². The van der Waals surface area contributed by atoms with E-state index in [0.29, 0.717) is 28.3 Å². The molecule has 3 aromatic rings. The third kappa shape index (κ3) is 5.84. The van der Waals surface area contributed by atoms with Crippen molar-refractivity contribution in [3.63, 3.8) is 0 Å². The Morgan fingerprint density at radius 2 is 1.58 bits per heavy atom. The number of carbonyl (C=O) groups excluding carboxylic acids is 1. The number of alkyl halides is 3. The molecule has 0 aliphatic rings. The highest BCUT2D eigenvalue weighted by Crippen LogP contribution is 2.33. The number of benzene rings is 3. The standard InChI is InChI=1S/C25H24F3NO4/c1-32-21-13-12-20(16-22(21)33-2)29(24(31)23(30)18-6-4-3-5-7-18)15-14-17-8-10-19(11-9-17)25(26,27)28/h3-13,16,23,30H,14-15H2,1-2H3. The molecular formula is C25H24F3NO4. The molecule has 1 N–H and O–H groups in total. The summed E-state index contributed by atoms with van der Waals surface area (Å²) in [5.74, 6) is 0.303. The first-order valence-corrected chi connectivity index (χ1v) is 10.2. The minimum absolute atomic E-state index is 0.129. The molecule has 1 unspecified atom stereocenters. The summed E-state index contributed by atoms with van der Waals surface area (Å²) in [4.78, 5) is 14.6. The van der Waals surface area contributed by atoms with Crippen molar-refractivity contribution in [1.82, 2.24) is 0 Å². The normalized spacial score (nSPS) is 12.2. The molecule has 0 spiro atoms. The van der Waals surface area contributed by atoms with Crippen LogP contribution in [0, 0.1) is 0 Å². The van der Waals surface area contributed by atoms with Gasteiger partial charge in [-0.25, -0.2) is 0 Å². The summed E-state index contributed by atoms with van der Waals surface area (Å²) in [5, 5.41) is 10.7. The molecule has 0 aliphatic carbocycles. The number of rotatable bonds is 8. The molecule has 0 saturated carbocycles. The smallest absolute Gasteiger partial charge is 0.416 e. The van der Waals surface area contributed by atoms with Crippen molar-refractivity contribution in [1.29, 1.82) is 0 Å². The van der Waals surface area contributed by atoms with E-state index in [-0.39, 0.29) is 13.0 Å². The zero-order chi connectivity index (χ0) is 24.0. The minimum Gasteiger partial charge on any atom is -0.493 e. The highest BCUT2D eigenvalue weighted by molar-refractivity contribution is 5.97. The molecule has 33 heavy (non-hydrogen) atoms. The molecule has 0 fully saturated rings. The number of nitrogens with zero attached hydrogens (tertiary/aromatic N) is 1. The lowest BCUT2D eigenvalue weighted by molar-refractivity contribution is -0.137. The monoisotopic (exact) mass is 459 g/mol. The van der Waals surface area contributed by atoms with Crippen molar-refractivity contribution in [2.24, 2.45) is 0 Å². The molecule has 0 saturated heterocycles. The van der Waals surface area contributed by atoms with Gasteiger partial charge in [0.25, 0.3) is 5.91 Å². The lowest BCUT2D eigenvalue weighted by atomic mass is 10.1. The molecular weight excluding hydrogens is 435 g/mol. The van der Waals surface area contributed by atoms with Crippen molar-refractivity contribution in [2.75, 3.05) is 25.7 Å². The summed E-state index contributed by atoms with van der Waals surface area (Å²) in [5.41, 5.74) is 0.774. The number of methoxy groups -OCH3 is 2. The van der Waals surface area contributed by atoms with E-state index >= 15 is 0 Å². The zero-order valence-electron chi connectivity index (χ0n) is 18.2. The second-order valence-corrected chi connectivity index (χ2v) is 7.29. The molecule has 0 radical (unpaired) electrons. The summed E-state index contributed by atoms with van der Waals surface area (Å²) in [6.07, 6.45) is -5.55. The van der Waals surface area contributed by atoms with E-state index in [0.717, 1.165) is 12.1 Å². The third-order valence-electron chi connectivity index (χ3n) is 5.20. The van der Waals surface area contributed by atoms with E-state index < -0.39 is 23.8 Å². The first kappa shape index (κ1) is 24.1. The van der Waals surface area contributed by atoms with Crippen LogP contribution in [0.4, 0.5) is 18.9 Å². The van der Waals surface area contributed by atoms with Crippen molar-refractivity contribution >= 4 is 11.6 Å². The largest absolute Gasteiger partial charge is 0.493 e. The summed E-state index contributed by atoms with van der Waals surface area (Å²) in [6.45, 7) is 0.129. The van der Waals surface area contributed by atoms with Crippen LogP contribution in [0.1, 0.15) is 22.8 Å². The Labute approximate surface area is 190 Å². The second-order valence-electron chi connectivity index (χ2n) is 7.29. The molecule has 0 aliphatic heterocycles.